The van der Waals surface area contributed by atoms with Crippen LogP contribution >= 0.6 is 0 Å². The van der Waals surface area contributed by atoms with Crippen LogP contribution in [0.1, 0.15) is 29.5 Å². The molecule has 1 N–H and O–H groups in total. The van der Waals surface area contributed by atoms with Crippen LogP contribution in [0.25, 0.3) is 0 Å². The number of hydrogen-bond donors (Lipinski definition) is 1. The Labute approximate surface area is 102 Å². The highest BCUT2D eigenvalue weighted by molar-refractivity contribution is 5.24. The number of aromatic nitrogens is 2. The number of aliphatic hydroxyl groups excluding tert-OH is 1. The first-order valence-corrected chi connectivity index (χ1v) is 5.87. The Balaban J connectivity index is 1.98. The first kappa shape index (κ1) is 11.9. The summed E-state index contributed by atoms with van der Waals surface area (Å²) in [5.41, 5.74) is 2.16. The molecule has 0 fully saturated rings. The lowest BCUT2D eigenvalue weighted by molar-refractivity contribution is 0.166. The van der Waals surface area contributed by atoms with Gasteiger partial charge in [0.1, 0.15) is 5.82 Å². The summed E-state index contributed by atoms with van der Waals surface area (Å²) in [5.74, 6) is 1.01. The summed E-state index contributed by atoms with van der Waals surface area (Å²) in [6.45, 7) is 2.04. The molecule has 0 saturated heterocycles. The van der Waals surface area contributed by atoms with Crippen LogP contribution in [0.5, 0.6) is 0 Å². The van der Waals surface area contributed by atoms with E-state index in [1.54, 1.807) is 6.20 Å². The van der Waals surface area contributed by atoms with Crippen LogP contribution in [-0.2, 0) is 13.5 Å². The van der Waals surface area contributed by atoms with E-state index in [0.29, 0.717) is 6.42 Å². The molecule has 0 radical (unpaired) electrons. The first-order valence-electron chi connectivity index (χ1n) is 5.87. The van der Waals surface area contributed by atoms with E-state index in [1.165, 1.54) is 5.56 Å². The van der Waals surface area contributed by atoms with Crippen molar-refractivity contribution in [3.05, 3.63) is 53.6 Å². The lowest BCUT2D eigenvalue weighted by atomic mass is 10.0. The molecule has 0 aliphatic carbocycles. The van der Waals surface area contributed by atoms with Crippen LogP contribution in [0.4, 0.5) is 0 Å². The van der Waals surface area contributed by atoms with Gasteiger partial charge in [0.25, 0.3) is 0 Å². The van der Waals surface area contributed by atoms with Crippen LogP contribution in [0.15, 0.2) is 36.7 Å². The predicted molar refractivity (Wildman–Crippen MR) is 67.7 cm³/mol. The van der Waals surface area contributed by atoms with E-state index in [-0.39, 0.29) is 0 Å². The molecule has 1 heterocycles. The van der Waals surface area contributed by atoms with Gasteiger partial charge in [0, 0.05) is 25.9 Å². The summed E-state index contributed by atoms with van der Waals surface area (Å²) in [4.78, 5) is 4.25. The lowest BCUT2D eigenvalue weighted by Gasteiger charge is -2.11. The molecule has 3 nitrogen and oxygen atoms in total. The molecule has 1 unspecified atom stereocenters. The third-order valence-corrected chi connectivity index (χ3v) is 2.99. The molecule has 0 spiro atoms. The molecule has 1 aromatic heterocycles. The Morgan fingerprint density at radius 2 is 2.24 bits per heavy atom. The van der Waals surface area contributed by atoms with Crippen molar-refractivity contribution in [2.24, 2.45) is 7.05 Å². The minimum Gasteiger partial charge on any atom is -0.388 e. The topological polar surface area (TPSA) is 38.1 Å². The van der Waals surface area contributed by atoms with Gasteiger partial charge in [-0.3, -0.25) is 0 Å². The lowest BCUT2D eigenvalue weighted by Crippen LogP contribution is -2.03. The molecular weight excluding hydrogens is 212 g/mol. The van der Waals surface area contributed by atoms with E-state index >= 15 is 0 Å². The summed E-state index contributed by atoms with van der Waals surface area (Å²) >= 11 is 0. The van der Waals surface area contributed by atoms with Crippen molar-refractivity contribution >= 4 is 0 Å². The number of imidazole rings is 1. The molecule has 0 aliphatic heterocycles. The van der Waals surface area contributed by atoms with Crippen molar-refractivity contribution in [3.63, 3.8) is 0 Å². The highest BCUT2D eigenvalue weighted by atomic mass is 16.3. The smallest absolute Gasteiger partial charge is 0.108 e. The molecule has 0 bridgehead atoms. The largest absolute Gasteiger partial charge is 0.388 e. The molecular formula is C14H18N2O. The number of hydrogen-bond acceptors (Lipinski definition) is 2. The molecule has 90 valence electrons. The maximum Gasteiger partial charge on any atom is 0.108 e. The Kier molecular flexibility index (Phi) is 3.59. The third-order valence-electron chi connectivity index (χ3n) is 2.99. The van der Waals surface area contributed by atoms with E-state index in [0.717, 1.165) is 17.8 Å². The van der Waals surface area contributed by atoms with Gasteiger partial charge in [-0.25, -0.2) is 4.98 Å². The summed E-state index contributed by atoms with van der Waals surface area (Å²) in [7, 11) is 1.97. The van der Waals surface area contributed by atoms with Crippen LogP contribution in [0, 0.1) is 6.92 Å². The van der Waals surface area contributed by atoms with Crippen molar-refractivity contribution in [1.29, 1.82) is 0 Å². The van der Waals surface area contributed by atoms with E-state index < -0.39 is 6.10 Å². The quantitative estimate of drug-likeness (QED) is 0.875. The normalized spacial score (nSPS) is 12.6. The zero-order valence-electron chi connectivity index (χ0n) is 10.3. The second-order valence-corrected chi connectivity index (χ2v) is 4.42. The van der Waals surface area contributed by atoms with Gasteiger partial charge in [-0.05, 0) is 18.9 Å². The fourth-order valence-electron chi connectivity index (χ4n) is 1.95. The number of benzene rings is 1. The van der Waals surface area contributed by atoms with Gasteiger partial charge in [-0.15, -0.1) is 0 Å². The van der Waals surface area contributed by atoms with Crippen LogP contribution in [0.2, 0.25) is 0 Å². The van der Waals surface area contributed by atoms with E-state index in [9.17, 15) is 5.11 Å². The Hall–Kier alpha value is -1.61. The Bertz CT molecular complexity index is 490. The molecule has 17 heavy (non-hydrogen) atoms. The number of rotatable bonds is 4. The van der Waals surface area contributed by atoms with Gasteiger partial charge in [-0.1, -0.05) is 29.8 Å². The van der Waals surface area contributed by atoms with Crippen LogP contribution in [0.3, 0.4) is 0 Å². The third kappa shape index (κ3) is 2.94. The van der Waals surface area contributed by atoms with Crippen molar-refractivity contribution in [2.75, 3.05) is 0 Å². The molecule has 0 amide bonds. The SMILES string of the molecule is Cc1cccc(C(O)CCc2nccn2C)c1. The second kappa shape index (κ2) is 5.15. The maximum absolute atomic E-state index is 10.1. The Morgan fingerprint density at radius 1 is 1.41 bits per heavy atom. The summed E-state index contributed by atoms with van der Waals surface area (Å²) in [6.07, 6.45) is 4.79. The zero-order valence-corrected chi connectivity index (χ0v) is 10.3. The van der Waals surface area contributed by atoms with Gasteiger partial charge < -0.3 is 9.67 Å². The van der Waals surface area contributed by atoms with Gasteiger partial charge in [0.05, 0.1) is 6.10 Å². The summed E-state index contributed by atoms with van der Waals surface area (Å²) in [6, 6.07) is 8.02. The van der Waals surface area contributed by atoms with E-state index in [1.807, 2.05) is 49.0 Å². The first-order chi connectivity index (χ1) is 8.16. The van der Waals surface area contributed by atoms with Crippen LogP contribution < -0.4 is 0 Å². The number of aryl methyl sites for hydroxylation is 3. The van der Waals surface area contributed by atoms with E-state index in [4.69, 9.17) is 0 Å². The average molecular weight is 230 g/mol. The van der Waals surface area contributed by atoms with Crippen molar-refractivity contribution in [3.8, 4) is 0 Å². The fourth-order valence-corrected chi connectivity index (χ4v) is 1.95. The minimum atomic E-state index is -0.411. The standard InChI is InChI=1S/C14H18N2O/c1-11-4-3-5-12(10-11)13(17)6-7-14-15-8-9-16(14)2/h3-5,8-10,13,17H,6-7H2,1-2H3. The highest BCUT2D eigenvalue weighted by Gasteiger charge is 2.09. The zero-order chi connectivity index (χ0) is 12.3. The predicted octanol–water partition coefficient (Wildman–Crippen LogP) is 2.39. The Morgan fingerprint density at radius 3 is 2.88 bits per heavy atom. The molecule has 1 aromatic carbocycles. The number of aliphatic hydroxyl groups is 1. The van der Waals surface area contributed by atoms with Gasteiger partial charge in [0.15, 0.2) is 0 Å². The van der Waals surface area contributed by atoms with Gasteiger partial charge >= 0.3 is 0 Å². The summed E-state index contributed by atoms with van der Waals surface area (Å²) in [5, 5.41) is 10.1. The van der Waals surface area contributed by atoms with Gasteiger partial charge in [0.2, 0.25) is 0 Å². The maximum atomic E-state index is 10.1. The van der Waals surface area contributed by atoms with Gasteiger partial charge in [-0.2, -0.15) is 0 Å². The van der Waals surface area contributed by atoms with Crippen molar-refractivity contribution < 1.29 is 5.11 Å². The van der Waals surface area contributed by atoms with Crippen molar-refractivity contribution in [2.45, 2.75) is 25.9 Å². The fraction of sp³-hybridized carbons (Fsp3) is 0.357. The molecule has 3 heteroatoms. The second-order valence-electron chi connectivity index (χ2n) is 4.42. The summed E-state index contributed by atoms with van der Waals surface area (Å²) < 4.78 is 1.99. The highest BCUT2D eigenvalue weighted by Crippen LogP contribution is 2.19. The molecule has 0 aliphatic rings. The number of nitrogens with zero attached hydrogens (tertiary/aromatic N) is 2. The molecule has 2 aromatic rings. The molecule has 2 rings (SSSR count). The molecule has 0 saturated carbocycles. The van der Waals surface area contributed by atoms with E-state index in [2.05, 4.69) is 4.98 Å². The van der Waals surface area contributed by atoms with Crippen LogP contribution in [-0.4, -0.2) is 14.7 Å². The monoisotopic (exact) mass is 230 g/mol. The molecule has 1 atom stereocenters. The minimum absolute atomic E-state index is 0.411. The average Bonchev–Trinajstić information content (AvgIpc) is 2.72. The van der Waals surface area contributed by atoms with Crippen molar-refractivity contribution in [1.82, 2.24) is 9.55 Å².